The van der Waals surface area contributed by atoms with E-state index in [4.69, 9.17) is 0 Å². The molecule has 2 amide bonds. The SMILES string of the molecule is CSCC[C@H](NC(=O)C1CCN(C(=O)[C@@H]([NH3+])C(C)C)CC1)C(=O)[O-]. The smallest absolute Gasteiger partial charge is 0.280 e. The lowest BCUT2D eigenvalue weighted by Crippen LogP contribution is -2.70. The average molecular weight is 359 g/mol. The van der Waals surface area contributed by atoms with Crippen LogP contribution in [0.4, 0.5) is 0 Å². The third-order valence-corrected chi connectivity index (χ3v) is 5.15. The van der Waals surface area contributed by atoms with Crippen molar-refractivity contribution in [3.8, 4) is 0 Å². The Morgan fingerprint density at radius 2 is 1.88 bits per heavy atom. The molecule has 0 aliphatic carbocycles. The summed E-state index contributed by atoms with van der Waals surface area (Å²) in [6.45, 7) is 4.95. The minimum atomic E-state index is -1.25. The van der Waals surface area contributed by atoms with Gasteiger partial charge in [-0.15, -0.1) is 0 Å². The van der Waals surface area contributed by atoms with Crippen LogP contribution in [0.25, 0.3) is 0 Å². The Labute approximate surface area is 147 Å². The van der Waals surface area contributed by atoms with Crippen molar-refractivity contribution in [1.29, 1.82) is 0 Å². The van der Waals surface area contributed by atoms with Gasteiger partial charge >= 0.3 is 0 Å². The van der Waals surface area contributed by atoms with Gasteiger partial charge in [-0.3, -0.25) is 9.59 Å². The first-order valence-corrected chi connectivity index (χ1v) is 9.79. The summed E-state index contributed by atoms with van der Waals surface area (Å²) in [6.07, 6.45) is 3.33. The molecule has 0 aromatic carbocycles. The fourth-order valence-corrected chi connectivity index (χ4v) is 3.13. The van der Waals surface area contributed by atoms with Gasteiger partial charge in [0.1, 0.15) is 0 Å². The summed E-state index contributed by atoms with van der Waals surface area (Å²) in [5.74, 6) is -0.914. The number of carboxylic acids is 1. The first-order valence-electron chi connectivity index (χ1n) is 8.40. The van der Waals surface area contributed by atoms with Gasteiger partial charge in [0.15, 0.2) is 6.04 Å². The molecule has 0 saturated carbocycles. The number of nitrogens with zero attached hydrogens (tertiary/aromatic N) is 1. The summed E-state index contributed by atoms with van der Waals surface area (Å²) < 4.78 is 0. The Balaban J connectivity index is 2.50. The van der Waals surface area contributed by atoms with Crippen molar-refractivity contribution in [3.05, 3.63) is 0 Å². The standard InChI is InChI=1S/C16H29N3O4S/c1-10(2)13(17)15(21)19-7-4-11(5-8-19)14(20)18-12(16(22)23)6-9-24-3/h10-13H,4-9,17H2,1-3H3,(H,18,20)(H,22,23)/t12-,13-/m0/s1. The minimum absolute atomic E-state index is 0.0245. The molecule has 0 aromatic heterocycles. The molecule has 0 bridgehead atoms. The molecular formula is C16H29N3O4S. The van der Waals surface area contributed by atoms with Crippen molar-refractivity contribution in [3.63, 3.8) is 0 Å². The molecule has 24 heavy (non-hydrogen) atoms. The third kappa shape index (κ3) is 5.98. The number of carbonyl (C=O) groups excluding carboxylic acids is 3. The monoisotopic (exact) mass is 359 g/mol. The maximum absolute atomic E-state index is 12.3. The van der Waals surface area contributed by atoms with Gasteiger partial charge in [0.05, 0.1) is 12.0 Å². The average Bonchev–Trinajstić information content (AvgIpc) is 2.56. The van der Waals surface area contributed by atoms with E-state index in [2.05, 4.69) is 11.1 Å². The first-order chi connectivity index (χ1) is 11.3. The Morgan fingerprint density at radius 1 is 1.29 bits per heavy atom. The highest BCUT2D eigenvalue weighted by Gasteiger charge is 2.32. The predicted molar refractivity (Wildman–Crippen MR) is 90.8 cm³/mol. The zero-order valence-corrected chi connectivity index (χ0v) is 15.6. The lowest BCUT2D eigenvalue weighted by atomic mass is 9.94. The molecule has 8 heteroatoms. The number of hydrogen-bond donors (Lipinski definition) is 2. The summed E-state index contributed by atoms with van der Waals surface area (Å²) in [5.41, 5.74) is 3.91. The lowest BCUT2D eigenvalue weighted by molar-refractivity contribution is -0.416. The van der Waals surface area contributed by atoms with Crippen molar-refractivity contribution in [2.24, 2.45) is 11.8 Å². The predicted octanol–water partition coefficient (Wildman–Crippen LogP) is -1.52. The number of rotatable bonds is 8. The summed E-state index contributed by atoms with van der Waals surface area (Å²) in [4.78, 5) is 37.4. The van der Waals surface area contributed by atoms with E-state index < -0.39 is 12.0 Å². The molecule has 1 saturated heterocycles. The Morgan fingerprint density at radius 3 is 2.33 bits per heavy atom. The number of nitrogens with one attached hydrogen (secondary N) is 1. The number of thioether (sulfide) groups is 1. The number of hydrogen-bond acceptors (Lipinski definition) is 5. The molecule has 4 N–H and O–H groups in total. The summed E-state index contributed by atoms with van der Waals surface area (Å²) in [6, 6.07) is -1.22. The molecule has 138 valence electrons. The number of carbonyl (C=O) groups is 3. The van der Waals surface area contributed by atoms with Gasteiger partial charge < -0.3 is 25.9 Å². The van der Waals surface area contributed by atoms with Crippen LogP contribution in [0.15, 0.2) is 0 Å². The van der Waals surface area contributed by atoms with Crippen molar-refractivity contribution < 1.29 is 25.2 Å². The Kier molecular flexibility index (Phi) is 8.55. The van der Waals surface area contributed by atoms with E-state index in [0.29, 0.717) is 38.1 Å². The topological polar surface area (TPSA) is 117 Å². The van der Waals surface area contributed by atoms with Gasteiger partial charge in [-0.1, -0.05) is 13.8 Å². The number of amides is 2. The molecular weight excluding hydrogens is 330 g/mol. The molecule has 1 aliphatic rings. The second kappa shape index (κ2) is 9.88. The number of likely N-dealkylation sites (tertiary alicyclic amines) is 1. The number of carboxylic acid groups (broad SMARTS) is 1. The van der Waals surface area contributed by atoms with Gasteiger partial charge in [-0.25, -0.2) is 0 Å². The summed E-state index contributed by atoms with van der Waals surface area (Å²) >= 11 is 1.53. The molecule has 0 radical (unpaired) electrons. The molecule has 0 spiro atoms. The molecule has 1 aliphatic heterocycles. The zero-order valence-electron chi connectivity index (χ0n) is 14.7. The van der Waals surface area contributed by atoms with Crippen molar-refractivity contribution in [2.75, 3.05) is 25.1 Å². The van der Waals surface area contributed by atoms with E-state index >= 15 is 0 Å². The van der Waals surface area contributed by atoms with Crippen molar-refractivity contribution in [2.45, 2.75) is 45.2 Å². The van der Waals surface area contributed by atoms with E-state index in [9.17, 15) is 19.5 Å². The van der Waals surface area contributed by atoms with E-state index in [1.807, 2.05) is 20.1 Å². The second-order valence-electron chi connectivity index (χ2n) is 6.61. The molecule has 2 atom stereocenters. The van der Waals surface area contributed by atoms with Crippen LogP contribution in [0, 0.1) is 11.8 Å². The first kappa shape index (κ1) is 20.8. The summed E-state index contributed by atoms with van der Waals surface area (Å²) in [7, 11) is 0. The van der Waals surface area contributed by atoms with E-state index in [-0.39, 0.29) is 29.7 Å². The highest BCUT2D eigenvalue weighted by atomic mass is 32.2. The molecule has 1 rings (SSSR count). The second-order valence-corrected chi connectivity index (χ2v) is 7.60. The summed E-state index contributed by atoms with van der Waals surface area (Å²) in [5, 5.41) is 13.7. The van der Waals surface area contributed by atoms with Gasteiger partial charge in [0, 0.05) is 24.9 Å². The normalized spacial score (nSPS) is 18.3. The zero-order chi connectivity index (χ0) is 18.3. The number of piperidine rings is 1. The minimum Gasteiger partial charge on any atom is -0.548 e. The van der Waals surface area contributed by atoms with E-state index in [1.54, 1.807) is 4.90 Å². The van der Waals surface area contributed by atoms with Crippen LogP contribution >= 0.6 is 11.8 Å². The van der Waals surface area contributed by atoms with Gasteiger partial charge in [-0.05, 0) is 31.3 Å². The van der Waals surface area contributed by atoms with Crippen LogP contribution in [-0.4, -0.2) is 59.9 Å². The maximum atomic E-state index is 12.3. The molecule has 0 aromatic rings. The van der Waals surface area contributed by atoms with Crippen LogP contribution in [-0.2, 0) is 14.4 Å². The third-order valence-electron chi connectivity index (χ3n) is 4.51. The largest absolute Gasteiger partial charge is 0.548 e. The van der Waals surface area contributed by atoms with E-state index in [0.717, 1.165) is 0 Å². The Bertz CT molecular complexity index is 451. The van der Waals surface area contributed by atoms with Gasteiger partial charge in [-0.2, -0.15) is 11.8 Å². The van der Waals surface area contributed by atoms with Crippen LogP contribution in [0.3, 0.4) is 0 Å². The number of aliphatic carboxylic acids is 1. The molecule has 1 heterocycles. The highest BCUT2D eigenvalue weighted by Crippen LogP contribution is 2.19. The number of quaternary nitrogens is 1. The molecule has 7 nitrogen and oxygen atoms in total. The van der Waals surface area contributed by atoms with Crippen LogP contribution in [0.5, 0.6) is 0 Å². The highest BCUT2D eigenvalue weighted by molar-refractivity contribution is 7.98. The fraction of sp³-hybridized carbons (Fsp3) is 0.812. The maximum Gasteiger partial charge on any atom is 0.280 e. The lowest BCUT2D eigenvalue weighted by Gasteiger charge is -2.33. The quantitative estimate of drug-likeness (QED) is 0.546. The van der Waals surface area contributed by atoms with Crippen molar-refractivity contribution >= 4 is 29.5 Å². The molecule has 0 unspecified atom stereocenters. The Hall–Kier alpha value is -1.28. The molecule has 1 fully saturated rings. The van der Waals surface area contributed by atoms with Gasteiger partial charge in [0.25, 0.3) is 5.91 Å². The van der Waals surface area contributed by atoms with Crippen LogP contribution in [0.2, 0.25) is 0 Å². The van der Waals surface area contributed by atoms with Crippen LogP contribution < -0.4 is 16.2 Å². The van der Waals surface area contributed by atoms with Crippen molar-refractivity contribution in [1.82, 2.24) is 10.2 Å². The van der Waals surface area contributed by atoms with E-state index in [1.165, 1.54) is 11.8 Å². The van der Waals surface area contributed by atoms with Gasteiger partial charge in [0.2, 0.25) is 5.91 Å². The van der Waals surface area contributed by atoms with Crippen LogP contribution in [0.1, 0.15) is 33.1 Å². The fourth-order valence-electron chi connectivity index (χ4n) is 2.66.